The van der Waals surface area contributed by atoms with Gasteiger partial charge in [0.1, 0.15) is 5.75 Å². The van der Waals surface area contributed by atoms with Crippen LogP contribution in [0.2, 0.25) is 0 Å². The number of benzene rings is 1. The lowest BCUT2D eigenvalue weighted by molar-refractivity contribution is -0.0497. The Morgan fingerprint density at radius 2 is 2.00 bits per heavy atom. The van der Waals surface area contributed by atoms with Crippen molar-refractivity contribution in [2.75, 3.05) is 13.1 Å². The van der Waals surface area contributed by atoms with Gasteiger partial charge in [-0.2, -0.15) is 8.78 Å². The highest BCUT2D eigenvalue weighted by Gasteiger charge is 2.20. The van der Waals surface area contributed by atoms with Gasteiger partial charge in [0.2, 0.25) is 0 Å². The first-order valence-electron chi connectivity index (χ1n) is 6.55. The fraction of sp³-hybridized carbons (Fsp3) is 0.462. The number of imidazole rings is 1. The standard InChI is InChI=1S/C13H15F2N3O2.ClH/c14-12(15)20-9-1-2-10-11(7-9)18(13(19)17-10)8-3-5-16-6-4-8;/h1-2,7-8,12,16H,3-6H2,(H,17,19);1H. The number of aromatic nitrogens is 2. The third-order valence-corrected chi connectivity index (χ3v) is 3.59. The number of halogens is 3. The van der Waals surface area contributed by atoms with Crippen molar-refractivity contribution in [1.82, 2.24) is 14.9 Å². The number of fused-ring (bicyclic) bond motifs is 1. The van der Waals surface area contributed by atoms with E-state index in [2.05, 4.69) is 15.0 Å². The van der Waals surface area contributed by atoms with E-state index < -0.39 is 6.61 Å². The molecule has 0 bridgehead atoms. The number of H-pyrrole nitrogens is 1. The number of nitrogens with zero attached hydrogens (tertiary/aromatic N) is 1. The number of aromatic amines is 1. The minimum atomic E-state index is -2.87. The Hall–Kier alpha value is -1.60. The zero-order valence-electron chi connectivity index (χ0n) is 11.1. The lowest BCUT2D eigenvalue weighted by Crippen LogP contribution is -2.33. The second-order valence-corrected chi connectivity index (χ2v) is 4.84. The number of hydrogen-bond donors (Lipinski definition) is 2. The fourth-order valence-electron chi connectivity index (χ4n) is 2.70. The molecule has 1 aromatic carbocycles. The Bertz CT molecular complexity index is 665. The number of rotatable bonds is 3. The highest BCUT2D eigenvalue weighted by atomic mass is 35.5. The van der Waals surface area contributed by atoms with E-state index in [-0.39, 0.29) is 29.9 Å². The lowest BCUT2D eigenvalue weighted by Gasteiger charge is -2.23. The minimum Gasteiger partial charge on any atom is -0.435 e. The Morgan fingerprint density at radius 1 is 1.29 bits per heavy atom. The van der Waals surface area contributed by atoms with Crippen molar-refractivity contribution in [3.05, 3.63) is 28.7 Å². The summed E-state index contributed by atoms with van der Waals surface area (Å²) in [6.45, 7) is -1.18. The first-order valence-corrected chi connectivity index (χ1v) is 6.55. The molecular formula is C13H16ClF2N3O2. The van der Waals surface area contributed by atoms with Crippen LogP contribution in [0.5, 0.6) is 5.75 Å². The summed E-state index contributed by atoms with van der Waals surface area (Å²) in [6, 6.07) is 4.59. The van der Waals surface area contributed by atoms with Crippen LogP contribution in [-0.4, -0.2) is 29.3 Å². The Morgan fingerprint density at radius 3 is 2.67 bits per heavy atom. The van der Waals surface area contributed by atoms with E-state index in [4.69, 9.17) is 0 Å². The Balaban J connectivity index is 0.00000161. The topological polar surface area (TPSA) is 59.1 Å². The fourth-order valence-corrected chi connectivity index (χ4v) is 2.70. The van der Waals surface area contributed by atoms with Crippen LogP contribution in [0.4, 0.5) is 8.78 Å². The van der Waals surface area contributed by atoms with Crippen molar-refractivity contribution in [3.8, 4) is 5.75 Å². The Labute approximate surface area is 125 Å². The lowest BCUT2D eigenvalue weighted by atomic mass is 10.1. The average molecular weight is 320 g/mol. The predicted octanol–water partition coefficient (Wildman–Crippen LogP) is 2.28. The van der Waals surface area contributed by atoms with E-state index in [9.17, 15) is 13.6 Å². The van der Waals surface area contributed by atoms with Gasteiger partial charge in [-0.25, -0.2) is 4.79 Å². The van der Waals surface area contributed by atoms with Crippen molar-refractivity contribution in [2.24, 2.45) is 0 Å². The maximum absolute atomic E-state index is 12.3. The van der Waals surface area contributed by atoms with Crippen LogP contribution in [0.1, 0.15) is 18.9 Å². The van der Waals surface area contributed by atoms with E-state index in [1.807, 2.05) is 0 Å². The zero-order valence-corrected chi connectivity index (χ0v) is 12.0. The molecule has 0 spiro atoms. The SMILES string of the molecule is Cl.O=c1[nH]c2ccc(OC(F)F)cc2n1C1CCNCC1. The van der Waals surface area contributed by atoms with E-state index >= 15 is 0 Å². The molecule has 2 aromatic rings. The number of piperidine rings is 1. The average Bonchev–Trinajstić information content (AvgIpc) is 2.74. The smallest absolute Gasteiger partial charge is 0.387 e. The van der Waals surface area contributed by atoms with Crippen LogP contribution in [0.15, 0.2) is 23.0 Å². The summed E-state index contributed by atoms with van der Waals surface area (Å²) in [7, 11) is 0. The first kappa shape index (κ1) is 15.8. The second-order valence-electron chi connectivity index (χ2n) is 4.84. The van der Waals surface area contributed by atoms with Gasteiger partial charge in [-0.05, 0) is 38.1 Å². The largest absolute Gasteiger partial charge is 0.435 e. The van der Waals surface area contributed by atoms with Crippen molar-refractivity contribution >= 4 is 23.4 Å². The molecule has 0 aliphatic carbocycles. The maximum atomic E-state index is 12.3. The summed E-state index contributed by atoms with van der Waals surface area (Å²) in [5, 5.41) is 3.23. The van der Waals surface area contributed by atoms with Gasteiger partial charge in [0.25, 0.3) is 0 Å². The molecule has 1 fully saturated rings. The molecule has 1 aliphatic rings. The molecule has 21 heavy (non-hydrogen) atoms. The highest BCUT2D eigenvalue weighted by Crippen LogP contribution is 2.25. The third kappa shape index (κ3) is 3.19. The summed E-state index contributed by atoms with van der Waals surface area (Å²) in [5.41, 5.74) is 1.04. The van der Waals surface area contributed by atoms with Crippen LogP contribution >= 0.6 is 12.4 Å². The number of ether oxygens (including phenoxy) is 1. The van der Waals surface area contributed by atoms with Crippen molar-refractivity contribution < 1.29 is 13.5 Å². The van der Waals surface area contributed by atoms with Gasteiger partial charge >= 0.3 is 12.3 Å². The molecule has 1 aromatic heterocycles. The molecule has 2 N–H and O–H groups in total. The van der Waals surface area contributed by atoms with Gasteiger partial charge < -0.3 is 15.0 Å². The summed E-state index contributed by atoms with van der Waals surface area (Å²) in [5.74, 6) is 0.0641. The van der Waals surface area contributed by atoms with Crippen LogP contribution in [-0.2, 0) is 0 Å². The van der Waals surface area contributed by atoms with Gasteiger partial charge in [-0.15, -0.1) is 12.4 Å². The summed E-state index contributed by atoms with van der Waals surface area (Å²) in [4.78, 5) is 14.8. The molecule has 0 amide bonds. The van der Waals surface area contributed by atoms with Gasteiger partial charge in [0.15, 0.2) is 0 Å². The summed E-state index contributed by atoms with van der Waals surface area (Å²) >= 11 is 0. The van der Waals surface area contributed by atoms with E-state index in [0.717, 1.165) is 25.9 Å². The van der Waals surface area contributed by atoms with Crippen molar-refractivity contribution in [3.63, 3.8) is 0 Å². The normalized spacial score (nSPS) is 16.1. The molecule has 3 rings (SSSR count). The zero-order chi connectivity index (χ0) is 14.1. The number of nitrogens with one attached hydrogen (secondary N) is 2. The summed E-state index contributed by atoms with van der Waals surface area (Å²) in [6.07, 6.45) is 1.68. The van der Waals surface area contributed by atoms with E-state index in [0.29, 0.717) is 11.0 Å². The van der Waals surface area contributed by atoms with Crippen LogP contribution in [0.25, 0.3) is 11.0 Å². The second kappa shape index (κ2) is 6.44. The summed E-state index contributed by atoms with van der Waals surface area (Å²) < 4.78 is 30.6. The Kier molecular flexibility index (Phi) is 4.84. The van der Waals surface area contributed by atoms with E-state index in [1.165, 1.54) is 12.1 Å². The van der Waals surface area contributed by atoms with Crippen molar-refractivity contribution in [1.29, 1.82) is 0 Å². The molecule has 0 unspecified atom stereocenters. The highest BCUT2D eigenvalue weighted by molar-refractivity contribution is 5.85. The third-order valence-electron chi connectivity index (χ3n) is 3.59. The predicted molar refractivity (Wildman–Crippen MR) is 77.6 cm³/mol. The molecule has 0 atom stereocenters. The van der Waals surface area contributed by atoms with Gasteiger partial charge in [0, 0.05) is 12.1 Å². The van der Waals surface area contributed by atoms with Gasteiger partial charge in [-0.3, -0.25) is 4.57 Å². The van der Waals surface area contributed by atoms with Crippen molar-refractivity contribution in [2.45, 2.75) is 25.5 Å². The molecule has 1 aliphatic heterocycles. The molecule has 116 valence electrons. The molecule has 2 heterocycles. The number of alkyl halides is 2. The van der Waals surface area contributed by atoms with Gasteiger partial charge in [-0.1, -0.05) is 0 Å². The van der Waals surface area contributed by atoms with Crippen LogP contribution in [0, 0.1) is 0 Å². The van der Waals surface area contributed by atoms with Crippen LogP contribution in [0.3, 0.4) is 0 Å². The van der Waals surface area contributed by atoms with E-state index in [1.54, 1.807) is 10.6 Å². The molecule has 0 saturated carbocycles. The molecule has 0 radical (unpaired) electrons. The number of hydrogen-bond acceptors (Lipinski definition) is 3. The molecular weight excluding hydrogens is 304 g/mol. The van der Waals surface area contributed by atoms with Gasteiger partial charge in [0.05, 0.1) is 11.0 Å². The van der Waals surface area contributed by atoms with Crippen LogP contribution < -0.4 is 15.7 Å². The first-order chi connectivity index (χ1) is 9.65. The molecule has 8 heteroatoms. The molecule has 5 nitrogen and oxygen atoms in total. The molecule has 1 saturated heterocycles. The maximum Gasteiger partial charge on any atom is 0.387 e. The minimum absolute atomic E-state index is 0. The monoisotopic (exact) mass is 319 g/mol. The quantitative estimate of drug-likeness (QED) is 0.912.